The van der Waals surface area contributed by atoms with Crippen molar-refractivity contribution in [2.24, 2.45) is 0 Å². The zero-order chi connectivity index (χ0) is 7.98. The average molecular weight is 142 g/mol. The van der Waals surface area contributed by atoms with Gasteiger partial charge >= 0.3 is 0 Å². The lowest BCUT2D eigenvalue weighted by Crippen LogP contribution is -2.31. The van der Waals surface area contributed by atoms with Crippen molar-refractivity contribution >= 4 is 0 Å². The summed E-state index contributed by atoms with van der Waals surface area (Å²) in [5.41, 5.74) is 0. The van der Waals surface area contributed by atoms with Crippen LogP contribution in [0.25, 0.3) is 0 Å². The molecule has 0 aliphatic heterocycles. The topological polar surface area (TPSA) is 47.3 Å². The van der Waals surface area contributed by atoms with Crippen LogP contribution in [0.15, 0.2) is 0 Å². The molecule has 10 heavy (non-hydrogen) atoms. The van der Waals surface area contributed by atoms with Crippen LogP contribution in [0.5, 0.6) is 0 Å². The molecule has 1 N–H and O–H groups in total. The van der Waals surface area contributed by atoms with Crippen LogP contribution < -0.4 is 0 Å². The van der Waals surface area contributed by atoms with Crippen molar-refractivity contribution in [2.75, 3.05) is 19.6 Å². The second kappa shape index (κ2) is 5.21. The fraction of sp³-hybridized carbons (Fsp3) is 0.857. The number of rotatable bonds is 4. The molecule has 3 heteroatoms. The molecule has 0 bridgehead atoms. The Morgan fingerprint density at radius 3 is 2.60 bits per heavy atom. The lowest BCUT2D eigenvalue weighted by molar-refractivity contribution is 0.137. The van der Waals surface area contributed by atoms with Crippen molar-refractivity contribution in [3.05, 3.63) is 0 Å². The highest BCUT2D eigenvalue weighted by Crippen LogP contribution is 1.89. The van der Waals surface area contributed by atoms with E-state index in [0.717, 1.165) is 6.54 Å². The maximum atomic E-state index is 8.93. The first kappa shape index (κ1) is 9.41. The van der Waals surface area contributed by atoms with Crippen LogP contribution in [0.1, 0.15) is 13.8 Å². The third-order valence-electron chi connectivity index (χ3n) is 1.26. The first-order valence-electron chi connectivity index (χ1n) is 3.48. The Morgan fingerprint density at radius 1 is 1.70 bits per heavy atom. The Bertz CT molecular complexity index is 117. The molecule has 0 fully saturated rings. The molecule has 0 aromatic rings. The molecule has 0 aliphatic carbocycles. The van der Waals surface area contributed by atoms with Crippen LogP contribution in [0, 0.1) is 11.3 Å². The molecule has 0 spiro atoms. The van der Waals surface area contributed by atoms with E-state index < -0.39 is 0 Å². The molecule has 3 nitrogen and oxygen atoms in total. The molecule has 0 aromatic carbocycles. The number of likely N-dealkylation sites (N-methyl/N-ethyl adjacent to an activating group) is 1. The quantitative estimate of drug-likeness (QED) is 0.571. The van der Waals surface area contributed by atoms with E-state index in [-0.39, 0.29) is 6.10 Å². The van der Waals surface area contributed by atoms with Crippen molar-refractivity contribution in [1.82, 2.24) is 4.90 Å². The molecule has 0 aliphatic rings. The highest BCUT2D eigenvalue weighted by Gasteiger charge is 2.03. The molecular weight excluding hydrogens is 128 g/mol. The zero-order valence-corrected chi connectivity index (χ0v) is 6.54. The minimum Gasteiger partial charge on any atom is -0.392 e. The molecule has 0 radical (unpaired) electrons. The molecule has 0 saturated carbocycles. The van der Waals surface area contributed by atoms with Gasteiger partial charge in [-0.2, -0.15) is 5.26 Å². The van der Waals surface area contributed by atoms with E-state index in [1.807, 2.05) is 17.9 Å². The smallest absolute Gasteiger partial charge is 0.0866 e. The first-order valence-corrected chi connectivity index (χ1v) is 3.48. The van der Waals surface area contributed by atoms with E-state index in [1.165, 1.54) is 0 Å². The van der Waals surface area contributed by atoms with Gasteiger partial charge < -0.3 is 5.11 Å². The van der Waals surface area contributed by atoms with Gasteiger partial charge in [-0.05, 0) is 13.5 Å². The van der Waals surface area contributed by atoms with Crippen molar-refractivity contribution < 1.29 is 5.11 Å². The number of nitriles is 1. The summed E-state index contributed by atoms with van der Waals surface area (Å²) in [7, 11) is 0. The maximum Gasteiger partial charge on any atom is 0.0866 e. The van der Waals surface area contributed by atoms with Gasteiger partial charge in [0.1, 0.15) is 0 Å². The van der Waals surface area contributed by atoms with E-state index in [1.54, 1.807) is 6.92 Å². The summed E-state index contributed by atoms with van der Waals surface area (Å²) in [6.45, 7) is 5.50. The van der Waals surface area contributed by atoms with Crippen LogP contribution in [-0.4, -0.2) is 35.7 Å². The number of nitrogens with zero attached hydrogens (tertiary/aromatic N) is 2. The summed E-state index contributed by atoms with van der Waals surface area (Å²) in [6, 6.07) is 2.04. The highest BCUT2D eigenvalue weighted by atomic mass is 16.3. The van der Waals surface area contributed by atoms with E-state index >= 15 is 0 Å². The summed E-state index contributed by atoms with van der Waals surface area (Å²) in [6.07, 6.45) is -0.340. The minimum absolute atomic E-state index is 0.340. The van der Waals surface area contributed by atoms with Crippen molar-refractivity contribution in [2.45, 2.75) is 20.0 Å². The van der Waals surface area contributed by atoms with E-state index in [0.29, 0.717) is 13.1 Å². The van der Waals surface area contributed by atoms with E-state index in [9.17, 15) is 0 Å². The second-order valence-corrected chi connectivity index (χ2v) is 2.33. The summed E-state index contributed by atoms with van der Waals surface area (Å²) in [5.74, 6) is 0. The van der Waals surface area contributed by atoms with Gasteiger partial charge in [0, 0.05) is 6.54 Å². The standard InChI is InChI=1S/C7H14N2O/c1-3-9(5-4-8)6-7(2)10/h7,10H,3,5-6H2,1-2H3. The normalized spacial score (nSPS) is 13.1. The Balaban J connectivity index is 3.52. The van der Waals surface area contributed by atoms with Gasteiger partial charge in [-0.15, -0.1) is 0 Å². The summed E-state index contributed by atoms with van der Waals surface area (Å²) >= 11 is 0. The number of hydrogen-bond donors (Lipinski definition) is 1. The fourth-order valence-electron chi connectivity index (χ4n) is 0.779. The third-order valence-corrected chi connectivity index (χ3v) is 1.26. The van der Waals surface area contributed by atoms with Crippen LogP contribution >= 0.6 is 0 Å². The van der Waals surface area contributed by atoms with E-state index in [2.05, 4.69) is 0 Å². The Morgan fingerprint density at radius 2 is 2.30 bits per heavy atom. The number of aliphatic hydroxyl groups excluding tert-OH is 1. The highest BCUT2D eigenvalue weighted by molar-refractivity contribution is 4.76. The van der Waals surface area contributed by atoms with Crippen molar-refractivity contribution in [1.29, 1.82) is 5.26 Å². The van der Waals surface area contributed by atoms with Crippen LogP contribution in [0.3, 0.4) is 0 Å². The van der Waals surface area contributed by atoms with Gasteiger partial charge in [0.25, 0.3) is 0 Å². The molecule has 0 amide bonds. The van der Waals surface area contributed by atoms with Gasteiger partial charge in [0.15, 0.2) is 0 Å². The van der Waals surface area contributed by atoms with Crippen molar-refractivity contribution in [3.8, 4) is 6.07 Å². The van der Waals surface area contributed by atoms with Gasteiger partial charge in [-0.25, -0.2) is 0 Å². The molecule has 1 atom stereocenters. The predicted octanol–water partition coefficient (Wildman–Crippen LogP) is 0.213. The molecule has 0 heterocycles. The van der Waals surface area contributed by atoms with Gasteiger partial charge in [0.2, 0.25) is 0 Å². The zero-order valence-electron chi connectivity index (χ0n) is 6.54. The molecule has 0 rings (SSSR count). The van der Waals surface area contributed by atoms with E-state index in [4.69, 9.17) is 10.4 Å². The number of hydrogen-bond acceptors (Lipinski definition) is 3. The Kier molecular flexibility index (Phi) is 4.91. The third kappa shape index (κ3) is 4.30. The van der Waals surface area contributed by atoms with Gasteiger partial charge in [-0.3, -0.25) is 4.90 Å². The Hall–Kier alpha value is -0.590. The second-order valence-electron chi connectivity index (χ2n) is 2.33. The SMILES string of the molecule is CCN(CC#N)CC(C)O. The summed E-state index contributed by atoms with van der Waals surface area (Å²) in [4.78, 5) is 1.89. The lowest BCUT2D eigenvalue weighted by atomic mass is 10.3. The summed E-state index contributed by atoms with van der Waals surface area (Å²) < 4.78 is 0. The van der Waals surface area contributed by atoms with Gasteiger partial charge in [0.05, 0.1) is 18.7 Å². The van der Waals surface area contributed by atoms with Crippen LogP contribution in [-0.2, 0) is 0 Å². The predicted molar refractivity (Wildman–Crippen MR) is 39.4 cm³/mol. The van der Waals surface area contributed by atoms with Gasteiger partial charge in [-0.1, -0.05) is 6.92 Å². The molecule has 1 unspecified atom stereocenters. The van der Waals surface area contributed by atoms with Crippen molar-refractivity contribution in [3.63, 3.8) is 0 Å². The monoisotopic (exact) mass is 142 g/mol. The van der Waals surface area contributed by atoms with Crippen LogP contribution in [0.2, 0.25) is 0 Å². The fourth-order valence-corrected chi connectivity index (χ4v) is 0.779. The lowest BCUT2D eigenvalue weighted by Gasteiger charge is -2.17. The minimum atomic E-state index is -0.340. The largest absolute Gasteiger partial charge is 0.392 e. The van der Waals surface area contributed by atoms with Crippen LogP contribution in [0.4, 0.5) is 0 Å². The average Bonchev–Trinajstić information content (AvgIpc) is 1.86. The number of aliphatic hydroxyl groups is 1. The molecule has 0 aromatic heterocycles. The first-order chi connectivity index (χ1) is 4.70. The summed E-state index contributed by atoms with van der Waals surface area (Å²) in [5, 5.41) is 17.2. The molecular formula is C7H14N2O. The molecule has 58 valence electrons. The Labute approximate surface area is 61.9 Å². The molecule has 0 saturated heterocycles. The maximum absolute atomic E-state index is 8.93.